The molecule has 2 atom stereocenters. The minimum Gasteiger partial charge on any atom is -0.378 e. The Morgan fingerprint density at radius 1 is 1.24 bits per heavy atom. The molecule has 0 amide bonds. The molecule has 1 aromatic rings. The fraction of sp³-hybridized carbons (Fsp3) is 0.684. The van der Waals surface area contributed by atoms with Crippen molar-refractivity contribution in [2.45, 2.75) is 70.9 Å². The summed E-state index contributed by atoms with van der Waals surface area (Å²) in [4.78, 5) is 0. The number of ether oxygens (including phenoxy) is 1. The van der Waals surface area contributed by atoms with Gasteiger partial charge in [0.05, 0.1) is 6.10 Å². The highest BCUT2D eigenvalue weighted by Crippen LogP contribution is 2.23. The van der Waals surface area contributed by atoms with Crippen LogP contribution in [-0.2, 0) is 16.6 Å². The normalized spacial score (nSPS) is 20.7. The fourth-order valence-corrected chi connectivity index (χ4v) is 3.10. The predicted octanol–water partition coefficient (Wildman–Crippen LogP) is 4.07. The van der Waals surface area contributed by atoms with Crippen LogP contribution in [0.15, 0.2) is 24.3 Å². The zero-order chi connectivity index (χ0) is 15.3. The highest BCUT2D eigenvalue weighted by Gasteiger charge is 2.21. The third-order valence-corrected chi connectivity index (χ3v) is 4.37. The molecule has 2 rings (SSSR count). The SMILES string of the molecule is CCNC(Cc1ccc(C(C)(C)C)cc1)CC1CCCO1. The van der Waals surface area contributed by atoms with Gasteiger partial charge in [-0.05, 0) is 48.8 Å². The summed E-state index contributed by atoms with van der Waals surface area (Å²) in [6.45, 7) is 11.0. The fourth-order valence-electron chi connectivity index (χ4n) is 3.10. The molecule has 2 nitrogen and oxygen atoms in total. The number of hydrogen-bond acceptors (Lipinski definition) is 2. The van der Waals surface area contributed by atoms with Gasteiger partial charge in [0.2, 0.25) is 0 Å². The Morgan fingerprint density at radius 2 is 1.95 bits per heavy atom. The van der Waals surface area contributed by atoms with Crippen molar-refractivity contribution in [3.8, 4) is 0 Å². The van der Waals surface area contributed by atoms with Gasteiger partial charge in [-0.2, -0.15) is 0 Å². The molecule has 0 saturated carbocycles. The first-order chi connectivity index (χ1) is 9.99. The molecule has 21 heavy (non-hydrogen) atoms. The van der Waals surface area contributed by atoms with Gasteiger partial charge < -0.3 is 10.1 Å². The van der Waals surface area contributed by atoms with Gasteiger partial charge in [-0.1, -0.05) is 52.0 Å². The van der Waals surface area contributed by atoms with Crippen LogP contribution in [0.3, 0.4) is 0 Å². The van der Waals surface area contributed by atoms with Crippen molar-refractivity contribution in [1.29, 1.82) is 0 Å². The van der Waals surface area contributed by atoms with E-state index < -0.39 is 0 Å². The highest BCUT2D eigenvalue weighted by molar-refractivity contribution is 5.28. The number of likely N-dealkylation sites (N-methyl/N-ethyl adjacent to an activating group) is 1. The predicted molar refractivity (Wildman–Crippen MR) is 89.9 cm³/mol. The summed E-state index contributed by atoms with van der Waals surface area (Å²) in [6, 6.07) is 9.67. The van der Waals surface area contributed by atoms with Crippen LogP contribution in [0.5, 0.6) is 0 Å². The Kier molecular flexibility index (Phi) is 5.83. The average molecular weight is 289 g/mol. The molecule has 1 heterocycles. The lowest BCUT2D eigenvalue weighted by Gasteiger charge is -2.22. The first-order valence-electron chi connectivity index (χ1n) is 8.43. The van der Waals surface area contributed by atoms with Crippen molar-refractivity contribution in [2.75, 3.05) is 13.2 Å². The van der Waals surface area contributed by atoms with Crippen molar-refractivity contribution < 1.29 is 4.74 Å². The van der Waals surface area contributed by atoms with E-state index in [1.54, 1.807) is 0 Å². The summed E-state index contributed by atoms with van der Waals surface area (Å²) in [7, 11) is 0. The minimum absolute atomic E-state index is 0.233. The Bertz CT molecular complexity index is 412. The molecular weight excluding hydrogens is 258 g/mol. The van der Waals surface area contributed by atoms with Gasteiger partial charge in [0, 0.05) is 12.6 Å². The number of rotatable bonds is 6. The van der Waals surface area contributed by atoms with E-state index in [2.05, 4.69) is 57.3 Å². The molecule has 2 unspecified atom stereocenters. The molecule has 1 aliphatic rings. The second-order valence-electron chi connectivity index (χ2n) is 7.28. The van der Waals surface area contributed by atoms with E-state index in [0.717, 1.165) is 26.0 Å². The van der Waals surface area contributed by atoms with Crippen LogP contribution >= 0.6 is 0 Å². The summed E-state index contributed by atoms with van der Waals surface area (Å²) >= 11 is 0. The number of hydrogen-bond donors (Lipinski definition) is 1. The summed E-state index contributed by atoms with van der Waals surface area (Å²) < 4.78 is 5.79. The number of benzene rings is 1. The molecular formula is C19H31NO. The highest BCUT2D eigenvalue weighted by atomic mass is 16.5. The Hall–Kier alpha value is -0.860. The summed E-state index contributed by atoms with van der Waals surface area (Å²) in [5.74, 6) is 0. The lowest BCUT2D eigenvalue weighted by Crippen LogP contribution is -2.34. The van der Waals surface area contributed by atoms with Crippen LogP contribution in [0.1, 0.15) is 58.1 Å². The van der Waals surface area contributed by atoms with Gasteiger partial charge in [-0.3, -0.25) is 0 Å². The molecule has 0 spiro atoms. The second kappa shape index (κ2) is 7.42. The van der Waals surface area contributed by atoms with Gasteiger partial charge in [0.15, 0.2) is 0 Å². The molecule has 118 valence electrons. The van der Waals surface area contributed by atoms with E-state index in [0.29, 0.717) is 12.1 Å². The summed E-state index contributed by atoms with van der Waals surface area (Å²) in [5.41, 5.74) is 3.06. The van der Waals surface area contributed by atoms with E-state index in [1.807, 2.05) is 0 Å². The zero-order valence-electron chi connectivity index (χ0n) is 14.1. The van der Waals surface area contributed by atoms with Crippen LogP contribution in [0.2, 0.25) is 0 Å². The van der Waals surface area contributed by atoms with E-state index in [9.17, 15) is 0 Å². The summed E-state index contributed by atoms with van der Waals surface area (Å²) in [6.07, 6.45) is 5.14. The Labute approximate surface area is 130 Å². The van der Waals surface area contributed by atoms with Gasteiger partial charge >= 0.3 is 0 Å². The lowest BCUT2D eigenvalue weighted by molar-refractivity contribution is 0.0948. The van der Waals surface area contributed by atoms with E-state index in [4.69, 9.17) is 4.74 Å². The van der Waals surface area contributed by atoms with Crippen LogP contribution < -0.4 is 5.32 Å². The Balaban J connectivity index is 1.95. The first-order valence-corrected chi connectivity index (χ1v) is 8.43. The molecule has 1 aromatic carbocycles. The van der Waals surface area contributed by atoms with Gasteiger partial charge in [0.1, 0.15) is 0 Å². The van der Waals surface area contributed by atoms with Gasteiger partial charge in [-0.15, -0.1) is 0 Å². The first kappa shape index (κ1) is 16.5. The quantitative estimate of drug-likeness (QED) is 0.852. The summed E-state index contributed by atoms with van der Waals surface area (Å²) in [5, 5.41) is 3.62. The van der Waals surface area contributed by atoms with Crippen LogP contribution in [0.25, 0.3) is 0 Å². The monoisotopic (exact) mass is 289 g/mol. The van der Waals surface area contributed by atoms with Crippen molar-refractivity contribution in [3.05, 3.63) is 35.4 Å². The largest absolute Gasteiger partial charge is 0.378 e. The molecule has 2 heteroatoms. The molecule has 1 saturated heterocycles. The van der Waals surface area contributed by atoms with Gasteiger partial charge in [-0.25, -0.2) is 0 Å². The molecule has 0 aliphatic carbocycles. The minimum atomic E-state index is 0.233. The topological polar surface area (TPSA) is 21.3 Å². The number of nitrogens with one attached hydrogen (secondary N) is 1. The maximum absolute atomic E-state index is 5.79. The maximum atomic E-state index is 5.79. The van der Waals surface area contributed by atoms with Crippen LogP contribution in [0, 0.1) is 0 Å². The zero-order valence-corrected chi connectivity index (χ0v) is 14.1. The molecule has 0 bridgehead atoms. The van der Waals surface area contributed by atoms with Crippen molar-refractivity contribution in [2.24, 2.45) is 0 Å². The second-order valence-corrected chi connectivity index (χ2v) is 7.28. The molecule has 0 radical (unpaired) electrons. The molecule has 1 aliphatic heterocycles. The maximum Gasteiger partial charge on any atom is 0.0590 e. The third-order valence-electron chi connectivity index (χ3n) is 4.37. The van der Waals surface area contributed by atoms with E-state index in [-0.39, 0.29) is 5.41 Å². The molecule has 0 aromatic heterocycles. The third kappa shape index (κ3) is 5.12. The Morgan fingerprint density at radius 3 is 2.48 bits per heavy atom. The van der Waals surface area contributed by atoms with E-state index >= 15 is 0 Å². The van der Waals surface area contributed by atoms with Crippen LogP contribution in [0.4, 0.5) is 0 Å². The van der Waals surface area contributed by atoms with Gasteiger partial charge in [0.25, 0.3) is 0 Å². The smallest absolute Gasteiger partial charge is 0.0590 e. The van der Waals surface area contributed by atoms with Crippen molar-refractivity contribution >= 4 is 0 Å². The average Bonchev–Trinajstić information content (AvgIpc) is 2.91. The van der Waals surface area contributed by atoms with Crippen molar-refractivity contribution in [3.63, 3.8) is 0 Å². The molecule has 1 fully saturated rings. The standard InChI is InChI=1S/C19H31NO/c1-5-20-17(14-18-7-6-12-21-18)13-15-8-10-16(11-9-15)19(2,3)4/h8-11,17-18,20H,5-7,12-14H2,1-4H3. The lowest BCUT2D eigenvalue weighted by atomic mass is 9.86. The van der Waals surface area contributed by atoms with Crippen LogP contribution in [-0.4, -0.2) is 25.3 Å². The van der Waals surface area contributed by atoms with Crippen molar-refractivity contribution in [1.82, 2.24) is 5.32 Å². The van der Waals surface area contributed by atoms with E-state index in [1.165, 1.54) is 24.0 Å². The molecule has 1 N–H and O–H groups in total.